The van der Waals surface area contributed by atoms with Gasteiger partial charge in [0.05, 0.1) is 11.6 Å². The van der Waals surface area contributed by atoms with Gasteiger partial charge in [0.15, 0.2) is 5.96 Å². The van der Waals surface area contributed by atoms with Crippen LogP contribution >= 0.6 is 11.3 Å². The van der Waals surface area contributed by atoms with Crippen molar-refractivity contribution in [3.8, 4) is 0 Å². The van der Waals surface area contributed by atoms with Crippen LogP contribution in [0.2, 0.25) is 0 Å². The van der Waals surface area contributed by atoms with E-state index in [0.717, 1.165) is 25.5 Å². The van der Waals surface area contributed by atoms with Crippen LogP contribution in [-0.4, -0.2) is 30.1 Å². The topological polar surface area (TPSA) is 49.3 Å². The van der Waals surface area contributed by atoms with Gasteiger partial charge >= 0.3 is 0 Å². The molecule has 1 aliphatic heterocycles. The molecule has 1 unspecified atom stereocenters. The van der Waals surface area contributed by atoms with Gasteiger partial charge in [0.25, 0.3) is 0 Å². The average molecular weight is 210 g/mol. The molecule has 0 fully saturated rings. The van der Waals surface area contributed by atoms with Crippen LogP contribution < -0.4 is 10.6 Å². The fraction of sp³-hybridized carbons (Fsp3) is 0.556. The number of aliphatic imine (C=N–C) groups is 1. The molecule has 0 aromatic carbocycles. The van der Waals surface area contributed by atoms with Crippen LogP contribution in [-0.2, 0) is 6.42 Å². The number of aromatic nitrogens is 1. The van der Waals surface area contributed by atoms with Crippen LogP contribution in [0.5, 0.6) is 0 Å². The summed E-state index contributed by atoms with van der Waals surface area (Å²) in [5.41, 5.74) is 0. The smallest absolute Gasteiger partial charge is 0.191 e. The molecule has 5 heteroatoms. The summed E-state index contributed by atoms with van der Waals surface area (Å²) in [7, 11) is 0. The lowest BCUT2D eigenvalue weighted by atomic mass is 10.4. The van der Waals surface area contributed by atoms with E-state index in [4.69, 9.17) is 0 Å². The molecule has 1 aromatic heterocycles. The van der Waals surface area contributed by atoms with E-state index in [1.54, 1.807) is 11.3 Å². The lowest BCUT2D eigenvalue weighted by molar-refractivity contribution is 0.712. The maximum Gasteiger partial charge on any atom is 0.191 e. The fourth-order valence-corrected chi connectivity index (χ4v) is 1.94. The largest absolute Gasteiger partial charge is 0.356 e. The second-order valence-electron chi connectivity index (χ2n) is 3.34. The standard InChI is InChI=1S/C9H14N4S/c1-7-6-12-9(13-7)11-3-2-8-10-4-5-14-8/h4-5,7H,2-3,6H2,1H3,(H2,11,12,13). The van der Waals surface area contributed by atoms with Gasteiger partial charge in [-0.15, -0.1) is 11.3 Å². The van der Waals surface area contributed by atoms with E-state index < -0.39 is 0 Å². The molecule has 0 spiro atoms. The van der Waals surface area contributed by atoms with Crippen molar-refractivity contribution in [3.05, 3.63) is 16.6 Å². The van der Waals surface area contributed by atoms with Crippen molar-refractivity contribution in [2.75, 3.05) is 13.1 Å². The number of thiazole rings is 1. The Morgan fingerprint density at radius 2 is 2.64 bits per heavy atom. The van der Waals surface area contributed by atoms with Crippen molar-refractivity contribution in [2.24, 2.45) is 4.99 Å². The Hall–Kier alpha value is -1.10. The maximum absolute atomic E-state index is 4.31. The Labute approximate surface area is 87.5 Å². The third kappa shape index (κ3) is 2.45. The Kier molecular flexibility index (Phi) is 2.98. The van der Waals surface area contributed by atoms with E-state index in [0.29, 0.717) is 6.04 Å². The van der Waals surface area contributed by atoms with Crippen LogP contribution in [0.1, 0.15) is 11.9 Å². The Bertz CT molecular complexity index is 307. The van der Waals surface area contributed by atoms with E-state index >= 15 is 0 Å². The first-order valence-electron chi connectivity index (χ1n) is 4.78. The van der Waals surface area contributed by atoms with Crippen LogP contribution in [0.4, 0.5) is 0 Å². The summed E-state index contributed by atoms with van der Waals surface area (Å²) in [5, 5.41) is 9.68. The zero-order valence-electron chi connectivity index (χ0n) is 8.16. The van der Waals surface area contributed by atoms with Crippen molar-refractivity contribution < 1.29 is 0 Å². The number of guanidine groups is 1. The van der Waals surface area contributed by atoms with Crippen molar-refractivity contribution in [1.29, 1.82) is 0 Å². The molecule has 0 saturated carbocycles. The van der Waals surface area contributed by atoms with Gasteiger partial charge in [0.1, 0.15) is 0 Å². The quantitative estimate of drug-likeness (QED) is 0.769. The van der Waals surface area contributed by atoms with E-state index in [-0.39, 0.29) is 0 Å². The molecule has 2 heterocycles. The molecule has 76 valence electrons. The number of rotatable bonds is 3. The summed E-state index contributed by atoms with van der Waals surface area (Å²) in [6.45, 7) is 3.89. The Morgan fingerprint density at radius 3 is 3.29 bits per heavy atom. The van der Waals surface area contributed by atoms with Gasteiger partial charge in [-0.3, -0.25) is 4.99 Å². The lowest BCUT2D eigenvalue weighted by Crippen LogP contribution is -2.38. The molecule has 1 aromatic rings. The zero-order valence-corrected chi connectivity index (χ0v) is 8.97. The average Bonchev–Trinajstić information content (AvgIpc) is 2.77. The van der Waals surface area contributed by atoms with Crippen molar-refractivity contribution in [3.63, 3.8) is 0 Å². The summed E-state index contributed by atoms with van der Waals surface area (Å²) in [6.07, 6.45) is 2.81. The Balaban J connectivity index is 1.69. The van der Waals surface area contributed by atoms with Gasteiger partial charge < -0.3 is 10.6 Å². The first-order chi connectivity index (χ1) is 6.84. The minimum absolute atomic E-state index is 0.470. The highest BCUT2D eigenvalue weighted by Gasteiger charge is 2.11. The molecule has 0 aliphatic carbocycles. The van der Waals surface area contributed by atoms with Gasteiger partial charge in [-0.2, -0.15) is 0 Å². The van der Waals surface area contributed by atoms with Gasteiger partial charge in [-0.05, 0) is 6.92 Å². The predicted octanol–water partition coefficient (Wildman–Crippen LogP) is 0.623. The summed E-state index contributed by atoms with van der Waals surface area (Å²) >= 11 is 1.69. The number of hydrogen-bond donors (Lipinski definition) is 2. The first-order valence-corrected chi connectivity index (χ1v) is 5.66. The van der Waals surface area contributed by atoms with Gasteiger partial charge in [0, 0.05) is 30.6 Å². The summed E-state index contributed by atoms with van der Waals surface area (Å²) in [6, 6.07) is 0.470. The molecule has 1 atom stereocenters. The molecule has 14 heavy (non-hydrogen) atoms. The highest BCUT2D eigenvalue weighted by molar-refractivity contribution is 7.09. The minimum Gasteiger partial charge on any atom is -0.356 e. The van der Waals surface area contributed by atoms with Crippen LogP contribution in [0, 0.1) is 0 Å². The zero-order chi connectivity index (χ0) is 9.80. The second-order valence-corrected chi connectivity index (χ2v) is 4.32. The molecule has 2 rings (SSSR count). The normalized spacial score (nSPS) is 20.4. The molecular weight excluding hydrogens is 196 g/mol. The molecule has 2 N–H and O–H groups in total. The summed E-state index contributed by atoms with van der Waals surface area (Å²) in [5.74, 6) is 0.925. The molecule has 0 bridgehead atoms. The monoisotopic (exact) mass is 210 g/mol. The first kappa shape index (κ1) is 9.45. The Morgan fingerprint density at radius 1 is 1.71 bits per heavy atom. The van der Waals surface area contributed by atoms with Crippen LogP contribution in [0.15, 0.2) is 16.6 Å². The third-order valence-corrected chi connectivity index (χ3v) is 2.86. The number of nitrogens with one attached hydrogen (secondary N) is 2. The van der Waals surface area contributed by atoms with E-state index in [2.05, 4.69) is 27.5 Å². The van der Waals surface area contributed by atoms with Gasteiger partial charge in [0.2, 0.25) is 0 Å². The molecule has 0 radical (unpaired) electrons. The molecule has 0 amide bonds. The van der Waals surface area contributed by atoms with E-state index in [1.807, 2.05) is 11.6 Å². The number of hydrogen-bond acceptors (Lipinski definition) is 5. The van der Waals surface area contributed by atoms with Crippen molar-refractivity contribution in [1.82, 2.24) is 15.6 Å². The SMILES string of the molecule is CC1CN=C(NCCc2nccs2)N1. The molecular formula is C9H14N4S. The van der Waals surface area contributed by atoms with Crippen molar-refractivity contribution in [2.45, 2.75) is 19.4 Å². The maximum atomic E-state index is 4.31. The molecule has 0 saturated heterocycles. The van der Waals surface area contributed by atoms with Crippen molar-refractivity contribution >= 4 is 17.3 Å². The molecule has 4 nitrogen and oxygen atoms in total. The van der Waals surface area contributed by atoms with Gasteiger partial charge in [-0.1, -0.05) is 0 Å². The second kappa shape index (κ2) is 4.41. The van der Waals surface area contributed by atoms with E-state index in [9.17, 15) is 0 Å². The molecule has 1 aliphatic rings. The van der Waals surface area contributed by atoms with Gasteiger partial charge in [-0.25, -0.2) is 4.98 Å². The summed E-state index contributed by atoms with van der Waals surface area (Å²) in [4.78, 5) is 8.53. The number of nitrogens with zero attached hydrogens (tertiary/aromatic N) is 2. The fourth-order valence-electron chi connectivity index (χ4n) is 1.32. The third-order valence-electron chi connectivity index (χ3n) is 2.02. The highest BCUT2D eigenvalue weighted by Crippen LogP contribution is 2.03. The minimum atomic E-state index is 0.470. The lowest BCUT2D eigenvalue weighted by Gasteiger charge is -2.07. The van der Waals surface area contributed by atoms with E-state index in [1.165, 1.54) is 5.01 Å². The highest BCUT2D eigenvalue weighted by atomic mass is 32.1. The predicted molar refractivity (Wildman–Crippen MR) is 58.7 cm³/mol. The van der Waals surface area contributed by atoms with Crippen LogP contribution in [0.3, 0.4) is 0 Å². The van der Waals surface area contributed by atoms with Crippen LogP contribution in [0.25, 0.3) is 0 Å². The summed E-state index contributed by atoms with van der Waals surface area (Å²) < 4.78 is 0.